The van der Waals surface area contributed by atoms with Crippen molar-refractivity contribution in [3.63, 3.8) is 0 Å². The molecule has 1 aliphatic rings. The molecule has 0 aromatic carbocycles. The van der Waals surface area contributed by atoms with Crippen LogP contribution >= 0.6 is 0 Å². The molecule has 1 aliphatic heterocycles. The molecule has 6 heteroatoms. The number of ether oxygens (including phenoxy) is 1. The van der Waals surface area contributed by atoms with E-state index in [1.165, 1.54) is 0 Å². The fraction of sp³-hybridized carbons (Fsp3) is 0.500. The largest absolute Gasteiger partial charge is 0.373 e. The summed E-state index contributed by atoms with van der Waals surface area (Å²) in [5.74, 6) is 1.21. The van der Waals surface area contributed by atoms with E-state index in [2.05, 4.69) is 33.9 Å². The van der Waals surface area contributed by atoms with E-state index in [1.807, 2.05) is 12.1 Å². The number of hydrogen-bond donors (Lipinski definition) is 0. The highest BCUT2D eigenvalue weighted by Crippen LogP contribution is 2.19. The Labute approximate surface area is 117 Å². The first kappa shape index (κ1) is 13.2. The van der Waals surface area contributed by atoms with Crippen molar-refractivity contribution in [2.75, 3.05) is 19.7 Å². The van der Waals surface area contributed by atoms with Gasteiger partial charge in [-0.15, -0.1) is 0 Å². The molecule has 0 aliphatic carbocycles. The van der Waals surface area contributed by atoms with Gasteiger partial charge in [0.2, 0.25) is 11.7 Å². The van der Waals surface area contributed by atoms with Crippen LogP contribution in [0.1, 0.15) is 19.7 Å². The van der Waals surface area contributed by atoms with Crippen molar-refractivity contribution in [2.45, 2.75) is 26.0 Å². The van der Waals surface area contributed by atoms with E-state index in [0.717, 1.165) is 25.3 Å². The summed E-state index contributed by atoms with van der Waals surface area (Å²) in [4.78, 5) is 10.7. The van der Waals surface area contributed by atoms with Gasteiger partial charge in [-0.1, -0.05) is 5.16 Å². The molecule has 0 N–H and O–H groups in total. The molecule has 20 heavy (non-hydrogen) atoms. The minimum atomic E-state index is -0.121. The molecule has 1 saturated heterocycles. The third-order valence-electron chi connectivity index (χ3n) is 3.25. The first-order valence-corrected chi connectivity index (χ1v) is 6.72. The number of nitrogens with zero attached hydrogens (tertiary/aromatic N) is 4. The second-order valence-corrected chi connectivity index (χ2v) is 5.57. The van der Waals surface area contributed by atoms with Crippen molar-refractivity contribution in [1.82, 2.24) is 20.0 Å². The van der Waals surface area contributed by atoms with E-state index in [1.54, 1.807) is 12.4 Å². The van der Waals surface area contributed by atoms with Crippen LogP contribution in [0.4, 0.5) is 0 Å². The maximum Gasteiger partial charge on any atom is 0.241 e. The molecular formula is C14H18N4O2. The molecule has 1 fully saturated rings. The SMILES string of the molecule is CC1(C)CN(Cc2nc(-c3cccnc3)no2)CCO1. The molecule has 3 heterocycles. The van der Waals surface area contributed by atoms with E-state index < -0.39 is 0 Å². The molecule has 0 spiro atoms. The van der Waals surface area contributed by atoms with Crippen molar-refractivity contribution in [2.24, 2.45) is 0 Å². The normalized spacial score (nSPS) is 19.1. The Balaban J connectivity index is 1.69. The van der Waals surface area contributed by atoms with Gasteiger partial charge >= 0.3 is 0 Å². The predicted octanol–water partition coefficient (Wildman–Crippen LogP) is 1.74. The number of rotatable bonds is 3. The number of morpholine rings is 1. The smallest absolute Gasteiger partial charge is 0.241 e. The Hall–Kier alpha value is -1.79. The quantitative estimate of drug-likeness (QED) is 0.849. The summed E-state index contributed by atoms with van der Waals surface area (Å²) >= 11 is 0. The van der Waals surface area contributed by atoms with Gasteiger partial charge in [-0.05, 0) is 26.0 Å². The van der Waals surface area contributed by atoms with Crippen LogP contribution in [0.2, 0.25) is 0 Å². The summed E-state index contributed by atoms with van der Waals surface area (Å²) in [6.07, 6.45) is 3.45. The molecular weight excluding hydrogens is 256 g/mol. The van der Waals surface area contributed by atoms with Gasteiger partial charge in [-0.25, -0.2) is 0 Å². The fourth-order valence-electron chi connectivity index (χ4n) is 2.37. The maximum absolute atomic E-state index is 5.69. The van der Waals surface area contributed by atoms with Crippen LogP contribution in [0, 0.1) is 0 Å². The van der Waals surface area contributed by atoms with Gasteiger partial charge in [0, 0.05) is 31.0 Å². The maximum atomic E-state index is 5.69. The third kappa shape index (κ3) is 3.02. The molecule has 0 unspecified atom stereocenters. The van der Waals surface area contributed by atoms with E-state index in [0.29, 0.717) is 18.3 Å². The van der Waals surface area contributed by atoms with E-state index in [9.17, 15) is 0 Å². The summed E-state index contributed by atoms with van der Waals surface area (Å²) in [6, 6.07) is 3.77. The van der Waals surface area contributed by atoms with Gasteiger partial charge in [0.1, 0.15) is 0 Å². The average molecular weight is 274 g/mol. The minimum absolute atomic E-state index is 0.121. The number of pyridine rings is 1. The van der Waals surface area contributed by atoms with Crippen LogP contribution in [0.5, 0.6) is 0 Å². The molecule has 2 aromatic rings. The van der Waals surface area contributed by atoms with Crippen LogP contribution < -0.4 is 0 Å². The average Bonchev–Trinajstić information content (AvgIpc) is 2.87. The van der Waals surface area contributed by atoms with Gasteiger partial charge in [0.05, 0.1) is 18.8 Å². The summed E-state index contributed by atoms with van der Waals surface area (Å²) < 4.78 is 11.0. The minimum Gasteiger partial charge on any atom is -0.373 e. The fourth-order valence-corrected chi connectivity index (χ4v) is 2.37. The second kappa shape index (κ2) is 5.30. The van der Waals surface area contributed by atoms with Crippen molar-refractivity contribution in [1.29, 1.82) is 0 Å². The summed E-state index contributed by atoms with van der Waals surface area (Å²) in [7, 11) is 0. The van der Waals surface area contributed by atoms with E-state index in [-0.39, 0.29) is 5.60 Å². The van der Waals surface area contributed by atoms with Gasteiger partial charge in [0.15, 0.2) is 0 Å². The second-order valence-electron chi connectivity index (χ2n) is 5.57. The number of aromatic nitrogens is 3. The highest BCUT2D eigenvalue weighted by molar-refractivity contribution is 5.51. The molecule has 0 atom stereocenters. The molecule has 0 saturated carbocycles. The molecule has 0 amide bonds. The van der Waals surface area contributed by atoms with E-state index in [4.69, 9.17) is 9.26 Å². The van der Waals surface area contributed by atoms with Crippen molar-refractivity contribution in [3.05, 3.63) is 30.4 Å². The lowest BCUT2D eigenvalue weighted by atomic mass is 10.1. The van der Waals surface area contributed by atoms with Crippen LogP contribution in [-0.2, 0) is 11.3 Å². The third-order valence-corrected chi connectivity index (χ3v) is 3.25. The molecule has 6 nitrogen and oxygen atoms in total. The van der Waals surface area contributed by atoms with Gasteiger partial charge in [-0.2, -0.15) is 4.98 Å². The van der Waals surface area contributed by atoms with Crippen molar-refractivity contribution in [3.8, 4) is 11.4 Å². The van der Waals surface area contributed by atoms with Gasteiger partial charge in [0.25, 0.3) is 0 Å². The monoisotopic (exact) mass is 274 g/mol. The van der Waals surface area contributed by atoms with Gasteiger partial charge in [-0.3, -0.25) is 9.88 Å². The number of hydrogen-bond acceptors (Lipinski definition) is 6. The Bertz CT molecular complexity index is 568. The standard InChI is InChI=1S/C14H18N4O2/c1-14(2)10-18(6-7-19-14)9-12-16-13(17-20-12)11-4-3-5-15-8-11/h3-5,8H,6-7,9-10H2,1-2H3. The highest BCUT2D eigenvalue weighted by Gasteiger charge is 2.28. The topological polar surface area (TPSA) is 64.3 Å². The van der Waals surface area contributed by atoms with Crippen LogP contribution in [-0.4, -0.2) is 45.3 Å². The lowest BCUT2D eigenvalue weighted by molar-refractivity contribution is -0.0900. The summed E-state index contributed by atoms with van der Waals surface area (Å²) in [5.41, 5.74) is 0.745. The van der Waals surface area contributed by atoms with Crippen LogP contribution in [0.15, 0.2) is 29.0 Å². The summed E-state index contributed by atoms with van der Waals surface area (Å²) in [6.45, 7) is 7.31. The zero-order chi connectivity index (χ0) is 14.0. The highest BCUT2D eigenvalue weighted by atomic mass is 16.5. The van der Waals surface area contributed by atoms with Gasteiger partial charge < -0.3 is 9.26 Å². The zero-order valence-corrected chi connectivity index (χ0v) is 11.7. The van der Waals surface area contributed by atoms with Crippen LogP contribution in [0.25, 0.3) is 11.4 Å². The summed E-state index contributed by atoms with van der Waals surface area (Å²) in [5, 5.41) is 4.00. The molecule has 3 rings (SSSR count). The molecule has 2 aromatic heterocycles. The zero-order valence-electron chi connectivity index (χ0n) is 11.7. The Kier molecular flexibility index (Phi) is 3.50. The van der Waals surface area contributed by atoms with E-state index >= 15 is 0 Å². The Morgan fingerprint density at radius 1 is 1.40 bits per heavy atom. The molecule has 0 radical (unpaired) electrons. The predicted molar refractivity (Wildman–Crippen MR) is 72.8 cm³/mol. The van der Waals surface area contributed by atoms with Crippen molar-refractivity contribution < 1.29 is 9.26 Å². The first-order valence-electron chi connectivity index (χ1n) is 6.72. The van der Waals surface area contributed by atoms with Crippen LogP contribution in [0.3, 0.4) is 0 Å². The Morgan fingerprint density at radius 2 is 2.30 bits per heavy atom. The molecule has 106 valence electrons. The van der Waals surface area contributed by atoms with Crippen molar-refractivity contribution >= 4 is 0 Å². The first-order chi connectivity index (χ1) is 9.62. The Morgan fingerprint density at radius 3 is 3.05 bits per heavy atom. The lowest BCUT2D eigenvalue weighted by Gasteiger charge is -2.37. The lowest BCUT2D eigenvalue weighted by Crippen LogP contribution is -2.47. The molecule has 0 bridgehead atoms.